The fourth-order valence-corrected chi connectivity index (χ4v) is 4.49. The van der Waals surface area contributed by atoms with Crippen LogP contribution in [0.5, 0.6) is 0 Å². The summed E-state index contributed by atoms with van der Waals surface area (Å²) in [7, 11) is -3.62. The van der Waals surface area contributed by atoms with Gasteiger partial charge in [-0.1, -0.05) is 24.3 Å². The minimum absolute atomic E-state index is 0.178. The molecule has 0 aliphatic carbocycles. The van der Waals surface area contributed by atoms with E-state index in [2.05, 4.69) is 20.7 Å². The van der Waals surface area contributed by atoms with Gasteiger partial charge < -0.3 is 5.73 Å². The van der Waals surface area contributed by atoms with Gasteiger partial charge in [-0.15, -0.1) is 0 Å². The van der Waals surface area contributed by atoms with Gasteiger partial charge in [0.25, 0.3) is 0 Å². The van der Waals surface area contributed by atoms with E-state index in [1.165, 1.54) is 6.07 Å². The minimum Gasteiger partial charge on any atom is -0.399 e. The SMILES string of the molecule is Cc1ccccc1C(C)NS(=O)(=O)c1ccc(N)cc1Br. The van der Waals surface area contributed by atoms with Gasteiger partial charge in [-0.3, -0.25) is 0 Å². The molecule has 0 aromatic heterocycles. The van der Waals surface area contributed by atoms with Gasteiger partial charge in [0, 0.05) is 16.2 Å². The number of hydrogen-bond acceptors (Lipinski definition) is 3. The number of nitrogens with two attached hydrogens (primary N) is 1. The van der Waals surface area contributed by atoms with E-state index in [1.807, 2.05) is 38.1 Å². The van der Waals surface area contributed by atoms with E-state index in [9.17, 15) is 8.42 Å². The van der Waals surface area contributed by atoms with E-state index in [-0.39, 0.29) is 10.9 Å². The maximum Gasteiger partial charge on any atom is 0.242 e. The first kappa shape index (κ1) is 16.0. The number of aryl methyl sites for hydroxylation is 1. The van der Waals surface area contributed by atoms with Gasteiger partial charge in [0.1, 0.15) is 0 Å². The van der Waals surface area contributed by atoms with Gasteiger partial charge in [0.05, 0.1) is 4.90 Å². The molecule has 4 nitrogen and oxygen atoms in total. The quantitative estimate of drug-likeness (QED) is 0.812. The molecule has 0 bridgehead atoms. The first-order valence-electron chi connectivity index (χ1n) is 6.44. The van der Waals surface area contributed by atoms with Crippen molar-refractivity contribution in [3.05, 3.63) is 58.1 Å². The van der Waals surface area contributed by atoms with Crippen molar-refractivity contribution in [3.63, 3.8) is 0 Å². The highest BCUT2D eigenvalue weighted by atomic mass is 79.9. The molecule has 0 aliphatic heterocycles. The summed E-state index contributed by atoms with van der Waals surface area (Å²) in [5, 5.41) is 0. The van der Waals surface area contributed by atoms with Crippen molar-refractivity contribution >= 4 is 31.6 Å². The molecule has 0 saturated carbocycles. The molecule has 3 N–H and O–H groups in total. The maximum atomic E-state index is 12.5. The highest BCUT2D eigenvalue weighted by molar-refractivity contribution is 9.10. The average molecular weight is 369 g/mol. The molecule has 1 unspecified atom stereocenters. The summed E-state index contributed by atoms with van der Waals surface area (Å²) in [4.78, 5) is 0.178. The van der Waals surface area contributed by atoms with Crippen LogP contribution in [0.4, 0.5) is 5.69 Å². The summed E-state index contributed by atoms with van der Waals surface area (Å²) in [6.45, 7) is 3.78. The molecular formula is C15H17BrN2O2S. The van der Waals surface area contributed by atoms with E-state index in [0.717, 1.165) is 11.1 Å². The summed E-state index contributed by atoms with van der Waals surface area (Å²) >= 11 is 3.24. The van der Waals surface area contributed by atoms with Gasteiger partial charge in [-0.05, 0) is 59.1 Å². The Morgan fingerprint density at radius 2 is 1.86 bits per heavy atom. The molecule has 1 atom stereocenters. The molecule has 112 valence electrons. The zero-order valence-corrected chi connectivity index (χ0v) is 14.2. The number of benzene rings is 2. The van der Waals surface area contributed by atoms with Gasteiger partial charge in [-0.25, -0.2) is 13.1 Å². The van der Waals surface area contributed by atoms with Crippen molar-refractivity contribution in [2.75, 3.05) is 5.73 Å². The van der Waals surface area contributed by atoms with E-state index in [4.69, 9.17) is 5.73 Å². The molecular weight excluding hydrogens is 352 g/mol. The van der Waals surface area contributed by atoms with Crippen LogP contribution in [0, 0.1) is 6.92 Å². The van der Waals surface area contributed by atoms with Crippen molar-refractivity contribution in [3.8, 4) is 0 Å². The Labute approximate surface area is 133 Å². The third-order valence-corrected chi connectivity index (χ3v) is 5.75. The topological polar surface area (TPSA) is 72.2 Å². The van der Waals surface area contributed by atoms with Crippen LogP contribution in [0.25, 0.3) is 0 Å². The summed E-state index contributed by atoms with van der Waals surface area (Å²) < 4.78 is 28.1. The fraction of sp³-hybridized carbons (Fsp3) is 0.200. The molecule has 0 fully saturated rings. The Morgan fingerprint density at radius 1 is 1.19 bits per heavy atom. The lowest BCUT2D eigenvalue weighted by molar-refractivity contribution is 0.566. The summed E-state index contributed by atoms with van der Waals surface area (Å²) in [6.07, 6.45) is 0. The molecule has 2 aromatic rings. The molecule has 6 heteroatoms. The Kier molecular flexibility index (Phi) is 4.70. The third kappa shape index (κ3) is 3.64. The number of anilines is 1. The fourth-order valence-electron chi connectivity index (χ4n) is 2.17. The number of halogens is 1. The van der Waals surface area contributed by atoms with Crippen LogP contribution in [0.1, 0.15) is 24.1 Å². The van der Waals surface area contributed by atoms with Crippen molar-refractivity contribution in [2.24, 2.45) is 0 Å². The Morgan fingerprint density at radius 3 is 2.48 bits per heavy atom. The largest absolute Gasteiger partial charge is 0.399 e. The van der Waals surface area contributed by atoms with Crippen LogP contribution < -0.4 is 10.5 Å². The average Bonchev–Trinajstić information content (AvgIpc) is 2.37. The second-order valence-electron chi connectivity index (χ2n) is 4.89. The zero-order chi connectivity index (χ0) is 15.6. The number of nitrogen functional groups attached to an aromatic ring is 1. The monoisotopic (exact) mass is 368 g/mol. The van der Waals surface area contributed by atoms with Crippen LogP contribution in [0.15, 0.2) is 51.8 Å². The molecule has 0 spiro atoms. The predicted octanol–water partition coefficient (Wildman–Crippen LogP) is 3.38. The van der Waals surface area contributed by atoms with E-state index < -0.39 is 10.0 Å². The molecule has 2 aromatic carbocycles. The summed E-state index contributed by atoms with van der Waals surface area (Å²) in [5.74, 6) is 0. The van der Waals surface area contributed by atoms with Gasteiger partial charge in [-0.2, -0.15) is 0 Å². The van der Waals surface area contributed by atoms with Crippen LogP contribution in [0.3, 0.4) is 0 Å². The second kappa shape index (κ2) is 6.17. The Balaban J connectivity index is 2.31. The van der Waals surface area contributed by atoms with Gasteiger partial charge >= 0.3 is 0 Å². The molecule has 2 rings (SSSR count). The molecule has 0 radical (unpaired) electrons. The van der Waals surface area contributed by atoms with Gasteiger partial charge in [0.15, 0.2) is 0 Å². The standard InChI is InChI=1S/C15H17BrN2O2S/c1-10-5-3-4-6-13(10)11(2)18-21(19,20)15-8-7-12(17)9-14(15)16/h3-9,11,18H,17H2,1-2H3. The number of hydrogen-bond donors (Lipinski definition) is 2. The summed E-state index contributed by atoms with van der Waals surface area (Å²) in [5.41, 5.74) is 8.14. The lowest BCUT2D eigenvalue weighted by Crippen LogP contribution is -2.27. The van der Waals surface area contributed by atoms with Crippen molar-refractivity contribution in [1.82, 2.24) is 4.72 Å². The smallest absolute Gasteiger partial charge is 0.242 e. The van der Waals surface area contributed by atoms with Crippen LogP contribution >= 0.6 is 15.9 Å². The lowest BCUT2D eigenvalue weighted by Gasteiger charge is -2.17. The van der Waals surface area contributed by atoms with E-state index in [1.54, 1.807) is 12.1 Å². The van der Waals surface area contributed by atoms with Gasteiger partial charge in [0.2, 0.25) is 10.0 Å². The molecule has 0 aliphatic rings. The highest BCUT2D eigenvalue weighted by Crippen LogP contribution is 2.26. The van der Waals surface area contributed by atoms with Crippen molar-refractivity contribution in [2.45, 2.75) is 24.8 Å². The Bertz CT molecular complexity index is 760. The normalized spacial score (nSPS) is 13.1. The van der Waals surface area contributed by atoms with E-state index in [0.29, 0.717) is 10.2 Å². The van der Waals surface area contributed by atoms with Crippen LogP contribution in [-0.2, 0) is 10.0 Å². The summed E-state index contributed by atoms with van der Waals surface area (Å²) in [6, 6.07) is 12.0. The predicted molar refractivity (Wildman–Crippen MR) is 88.5 cm³/mol. The highest BCUT2D eigenvalue weighted by Gasteiger charge is 2.21. The van der Waals surface area contributed by atoms with Crippen molar-refractivity contribution < 1.29 is 8.42 Å². The number of sulfonamides is 1. The second-order valence-corrected chi connectivity index (χ2v) is 7.43. The van der Waals surface area contributed by atoms with E-state index >= 15 is 0 Å². The number of rotatable bonds is 4. The first-order chi connectivity index (χ1) is 9.81. The third-order valence-electron chi connectivity index (χ3n) is 3.23. The molecule has 0 heterocycles. The molecule has 0 saturated heterocycles. The van der Waals surface area contributed by atoms with Crippen LogP contribution in [-0.4, -0.2) is 8.42 Å². The Hall–Kier alpha value is -1.37. The molecule has 21 heavy (non-hydrogen) atoms. The molecule has 0 amide bonds. The van der Waals surface area contributed by atoms with Crippen molar-refractivity contribution in [1.29, 1.82) is 0 Å². The zero-order valence-electron chi connectivity index (χ0n) is 11.8. The number of nitrogens with one attached hydrogen (secondary N) is 1. The first-order valence-corrected chi connectivity index (χ1v) is 8.72. The lowest BCUT2D eigenvalue weighted by atomic mass is 10.0. The maximum absolute atomic E-state index is 12.5. The van der Waals surface area contributed by atoms with Crippen LogP contribution in [0.2, 0.25) is 0 Å². The minimum atomic E-state index is -3.62.